The van der Waals surface area contributed by atoms with Crippen LogP contribution < -0.4 is 0 Å². The zero-order valence-electron chi connectivity index (χ0n) is 8.81. The molecule has 86 valence electrons. The van der Waals surface area contributed by atoms with Gasteiger partial charge in [0.2, 0.25) is 5.12 Å². The number of hydrogen-bond donors (Lipinski definition) is 0. The molecule has 0 amide bonds. The Bertz CT molecular complexity index is 219. The van der Waals surface area contributed by atoms with E-state index in [1.54, 1.807) is 0 Å². The van der Waals surface area contributed by atoms with Gasteiger partial charge in [-0.2, -0.15) is 0 Å². The maximum absolute atomic E-state index is 10.9. The van der Waals surface area contributed by atoms with Gasteiger partial charge in [-0.15, -0.1) is 35.3 Å². The largest absolute Gasteiger partial charge is 0.282 e. The molecule has 1 aliphatic heterocycles. The van der Waals surface area contributed by atoms with Crippen molar-refractivity contribution in [2.75, 3.05) is 17.3 Å². The van der Waals surface area contributed by atoms with E-state index in [2.05, 4.69) is 25.3 Å². The van der Waals surface area contributed by atoms with E-state index in [1.165, 1.54) is 29.3 Å². The normalized spacial score (nSPS) is 25.4. The van der Waals surface area contributed by atoms with E-state index in [4.69, 9.17) is 0 Å². The van der Waals surface area contributed by atoms with Gasteiger partial charge < -0.3 is 0 Å². The first-order valence-electron chi connectivity index (χ1n) is 4.90. The third kappa shape index (κ3) is 6.19. The van der Waals surface area contributed by atoms with E-state index in [0.717, 1.165) is 21.3 Å². The Kier molecular flexibility index (Phi) is 7.38. The Morgan fingerprint density at radius 3 is 3.00 bits per heavy atom. The second kappa shape index (κ2) is 7.98. The maximum atomic E-state index is 10.9. The number of hydrogen-bond acceptors (Lipinski definition) is 5. The molecular weight excluding hydrogens is 264 g/mol. The molecule has 5 heteroatoms. The smallest absolute Gasteiger partial charge is 0.211 e. The molecule has 2 atom stereocenters. The summed E-state index contributed by atoms with van der Waals surface area (Å²) in [5.41, 5.74) is 0. The first-order chi connectivity index (χ1) is 7.22. The Balaban J connectivity index is 1.93. The molecule has 0 N–H and O–H groups in total. The van der Waals surface area contributed by atoms with Crippen LogP contribution >= 0.6 is 47.0 Å². The monoisotopic (exact) mass is 280 g/mol. The van der Waals surface area contributed by atoms with Crippen LogP contribution in [0.15, 0.2) is 12.7 Å². The van der Waals surface area contributed by atoms with Crippen LogP contribution in [-0.4, -0.2) is 31.5 Å². The van der Waals surface area contributed by atoms with Crippen LogP contribution in [0.4, 0.5) is 0 Å². The molecule has 0 aromatic heterocycles. The van der Waals surface area contributed by atoms with Crippen LogP contribution in [0.2, 0.25) is 0 Å². The number of carbonyl (C=O) groups is 1. The van der Waals surface area contributed by atoms with Crippen molar-refractivity contribution in [1.29, 1.82) is 0 Å². The predicted octanol–water partition coefficient (Wildman–Crippen LogP) is 3.71. The summed E-state index contributed by atoms with van der Waals surface area (Å²) in [4.78, 5) is 10.9. The lowest BCUT2D eigenvalue weighted by molar-refractivity contribution is -0.107. The molecule has 15 heavy (non-hydrogen) atoms. The van der Waals surface area contributed by atoms with Gasteiger partial charge in [0.25, 0.3) is 0 Å². The predicted molar refractivity (Wildman–Crippen MR) is 78.0 cm³/mol. The molecule has 0 aliphatic carbocycles. The van der Waals surface area contributed by atoms with Gasteiger partial charge in [-0.3, -0.25) is 4.79 Å². The molecule has 1 aliphatic rings. The summed E-state index contributed by atoms with van der Waals surface area (Å²) in [5, 5.41) is 0.0967. The fraction of sp³-hybridized carbons (Fsp3) is 0.700. The quantitative estimate of drug-likeness (QED) is 0.543. The van der Waals surface area contributed by atoms with Crippen LogP contribution in [-0.2, 0) is 4.79 Å². The minimum atomic E-state index is 0.0967. The Hall–Kier alpha value is 0.810. The van der Waals surface area contributed by atoms with Crippen LogP contribution in [0, 0.1) is 0 Å². The van der Waals surface area contributed by atoms with Crippen LogP contribution in [0.5, 0.6) is 0 Å². The first-order valence-corrected chi connectivity index (χ1v) is 8.93. The number of carbonyl (C=O) groups excluding carboxylic acids is 1. The van der Waals surface area contributed by atoms with Crippen molar-refractivity contribution in [3.8, 4) is 0 Å². The molecule has 0 saturated carbocycles. The third-order valence-electron chi connectivity index (χ3n) is 1.81. The van der Waals surface area contributed by atoms with Gasteiger partial charge in [-0.1, -0.05) is 18.3 Å². The summed E-state index contributed by atoms with van der Waals surface area (Å²) in [5.74, 6) is 3.37. The minimum absolute atomic E-state index is 0.0967. The molecule has 0 aromatic carbocycles. The van der Waals surface area contributed by atoms with Crippen molar-refractivity contribution in [2.45, 2.75) is 22.5 Å². The Labute approximate surface area is 109 Å². The highest BCUT2D eigenvalue weighted by atomic mass is 32.2. The molecule has 0 radical (unpaired) electrons. The van der Waals surface area contributed by atoms with Gasteiger partial charge in [0.05, 0.1) is 4.58 Å². The topological polar surface area (TPSA) is 17.1 Å². The van der Waals surface area contributed by atoms with Gasteiger partial charge in [0.1, 0.15) is 0 Å². The van der Waals surface area contributed by atoms with Crippen molar-refractivity contribution < 1.29 is 4.79 Å². The zero-order chi connectivity index (χ0) is 11.1. The lowest BCUT2D eigenvalue weighted by Crippen LogP contribution is -1.97. The average Bonchev–Trinajstić information content (AvgIpc) is 2.63. The molecule has 1 rings (SSSR count). The summed E-state index contributed by atoms with van der Waals surface area (Å²) in [7, 11) is 0. The lowest BCUT2D eigenvalue weighted by atomic mass is 10.6. The number of rotatable bonds is 6. The molecule has 1 heterocycles. The third-order valence-corrected chi connectivity index (χ3v) is 7.57. The van der Waals surface area contributed by atoms with Gasteiger partial charge in [0, 0.05) is 16.1 Å². The second-order valence-corrected chi connectivity index (χ2v) is 8.99. The van der Waals surface area contributed by atoms with Gasteiger partial charge >= 0.3 is 0 Å². The Morgan fingerprint density at radius 1 is 1.60 bits per heavy atom. The van der Waals surface area contributed by atoms with Crippen molar-refractivity contribution in [3.63, 3.8) is 0 Å². The zero-order valence-corrected chi connectivity index (χ0v) is 12.1. The van der Waals surface area contributed by atoms with Crippen LogP contribution in [0.1, 0.15) is 13.3 Å². The highest BCUT2D eigenvalue weighted by molar-refractivity contribution is 8.27. The van der Waals surface area contributed by atoms with E-state index in [9.17, 15) is 4.79 Å². The van der Waals surface area contributed by atoms with Crippen LogP contribution in [0.3, 0.4) is 0 Å². The standard InChI is InChI=1S/C10H16OS4/c1-3-9(11)12-5-4-6-13-10-7-14-8(2)15-10/h3,8,10H,1,4-7H2,2H3. The van der Waals surface area contributed by atoms with Crippen LogP contribution in [0.25, 0.3) is 0 Å². The second-order valence-electron chi connectivity index (χ2n) is 3.06. The first kappa shape index (κ1) is 13.9. The lowest BCUT2D eigenvalue weighted by Gasteiger charge is -2.06. The molecule has 1 saturated heterocycles. The molecule has 1 nitrogen and oxygen atoms in total. The molecule has 1 fully saturated rings. The summed E-state index contributed by atoms with van der Waals surface area (Å²) in [6.07, 6.45) is 2.51. The molecule has 0 bridgehead atoms. The maximum Gasteiger partial charge on any atom is 0.211 e. The van der Waals surface area contributed by atoms with E-state index >= 15 is 0 Å². The van der Waals surface area contributed by atoms with E-state index in [-0.39, 0.29) is 5.12 Å². The van der Waals surface area contributed by atoms with Crippen molar-refractivity contribution in [3.05, 3.63) is 12.7 Å². The summed E-state index contributed by atoms with van der Waals surface area (Å²) in [6, 6.07) is 0. The summed E-state index contributed by atoms with van der Waals surface area (Å²) < 4.78 is 1.53. The van der Waals surface area contributed by atoms with E-state index in [0.29, 0.717) is 0 Å². The van der Waals surface area contributed by atoms with E-state index < -0.39 is 0 Å². The fourth-order valence-electron chi connectivity index (χ4n) is 1.10. The number of thioether (sulfide) groups is 4. The average molecular weight is 281 g/mol. The molecule has 2 unspecified atom stereocenters. The van der Waals surface area contributed by atoms with Gasteiger partial charge in [0.15, 0.2) is 0 Å². The SMILES string of the molecule is C=CC(=O)SCCCSC1CSC(C)S1. The Morgan fingerprint density at radius 2 is 2.40 bits per heavy atom. The molecule has 0 spiro atoms. The van der Waals surface area contributed by atoms with Gasteiger partial charge in [-0.25, -0.2) is 0 Å². The van der Waals surface area contributed by atoms with E-state index in [1.807, 2.05) is 23.5 Å². The van der Waals surface area contributed by atoms with Crippen molar-refractivity contribution in [1.82, 2.24) is 0 Å². The molecular formula is C10H16OS4. The van der Waals surface area contributed by atoms with Crippen molar-refractivity contribution >= 4 is 52.2 Å². The highest BCUT2D eigenvalue weighted by Gasteiger charge is 2.22. The fourth-order valence-corrected chi connectivity index (χ4v) is 6.76. The minimum Gasteiger partial charge on any atom is -0.282 e. The highest BCUT2D eigenvalue weighted by Crippen LogP contribution is 2.42. The summed E-state index contributed by atoms with van der Waals surface area (Å²) >= 11 is 7.53. The molecule has 0 aromatic rings. The summed E-state index contributed by atoms with van der Waals surface area (Å²) in [6.45, 7) is 5.72. The van der Waals surface area contributed by atoms with Gasteiger partial charge in [-0.05, 0) is 25.2 Å². The van der Waals surface area contributed by atoms with Crippen molar-refractivity contribution in [2.24, 2.45) is 0 Å².